The molecule has 0 aliphatic carbocycles. The number of rotatable bonds is 7. The Labute approximate surface area is 224 Å². The van der Waals surface area contributed by atoms with Crippen molar-refractivity contribution in [1.29, 1.82) is 0 Å². The third-order valence-corrected chi connectivity index (χ3v) is 6.88. The van der Waals surface area contributed by atoms with Crippen molar-refractivity contribution in [2.24, 2.45) is 0 Å². The van der Waals surface area contributed by atoms with Crippen LogP contribution in [0.15, 0.2) is 72.4 Å². The third-order valence-electron chi connectivity index (χ3n) is 5.90. The molecule has 5 aromatic rings. The monoisotopic (exact) mass is 548 g/mol. The summed E-state index contributed by atoms with van der Waals surface area (Å²) in [6.45, 7) is 0. The zero-order valence-electron chi connectivity index (χ0n) is 20.0. The topological polar surface area (TPSA) is 104 Å². The summed E-state index contributed by atoms with van der Waals surface area (Å²) in [4.78, 5) is 32.0. The van der Waals surface area contributed by atoms with E-state index in [1.165, 1.54) is 17.7 Å². The van der Waals surface area contributed by atoms with Gasteiger partial charge in [0, 0.05) is 40.7 Å². The van der Waals surface area contributed by atoms with E-state index in [9.17, 15) is 22.8 Å². The van der Waals surface area contributed by atoms with Crippen LogP contribution >= 0.6 is 11.3 Å². The summed E-state index contributed by atoms with van der Waals surface area (Å²) < 4.78 is 41.4. The van der Waals surface area contributed by atoms with Gasteiger partial charge in [0.05, 0.1) is 21.6 Å². The molecule has 2 heterocycles. The van der Waals surface area contributed by atoms with Gasteiger partial charge >= 0.3 is 12.0 Å². The Morgan fingerprint density at radius 3 is 2.33 bits per heavy atom. The number of nitrogens with zero attached hydrogens (tertiary/aromatic N) is 2. The van der Waals surface area contributed by atoms with E-state index >= 15 is 0 Å². The minimum atomic E-state index is -1.41. The summed E-state index contributed by atoms with van der Waals surface area (Å²) in [5.41, 5.74) is 4.80. The van der Waals surface area contributed by atoms with Crippen LogP contribution in [0.3, 0.4) is 0 Å². The molecule has 2 amide bonds. The Morgan fingerprint density at radius 1 is 0.897 bits per heavy atom. The number of hydrogen-bond donors (Lipinski definition) is 3. The summed E-state index contributed by atoms with van der Waals surface area (Å²) >= 11 is 1.49. The molecule has 2 aromatic heterocycles. The van der Waals surface area contributed by atoms with Gasteiger partial charge in [0.2, 0.25) is 0 Å². The average molecular weight is 549 g/mol. The first kappa shape index (κ1) is 25.9. The molecule has 0 atom stereocenters. The maximum atomic E-state index is 13.8. The van der Waals surface area contributed by atoms with Gasteiger partial charge in [-0.15, -0.1) is 11.3 Å². The average Bonchev–Trinajstić information content (AvgIpc) is 3.35. The summed E-state index contributed by atoms with van der Waals surface area (Å²) in [5.74, 6) is -4.63. The lowest BCUT2D eigenvalue weighted by atomic mass is 10.0. The number of halogens is 3. The highest BCUT2D eigenvalue weighted by molar-refractivity contribution is 7.18. The lowest BCUT2D eigenvalue weighted by Gasteiger charge is -2.10. The largest absolute Gasteiger partial charge is 0.481 e. The van der Waals surface area contributed by atoms with Crippen LogP contribution in [0.1, 0.15) is 12.0 Å². The molecule has 196 valence electrons. The number of hydrogen-bond acceptors (Lipinski definition) is 5. The molecule has 39 heavy (non-hydrogen) atoms. The second kappa shape index (κ2) is 10.9. The van der Waals surface area contributed by atoms with E-state index in [0.29, 0.717) is 29.9 Å². The number of aromatic nitrogens is 2. The second-order valence-corrected chi connectivity index (χ2v) is 9.43. The number of thiophene rings is 1. The highest BCUT2D eigenvalue weighted by atomic mass is 32.1. The normalized spacial score (nSPS) is 10.9. The number of nitrogens with one attached hydrogen (secondary N) is 2. The van der Waals surface area contributed by atoms with Crippen LogP contribution in [0.25, 0.3) is 32.6 Å². The molecule has 0 aliphatic heterocycles. The fourth-order valence-electron chi connectivity index (χ4n) is 4.01. The Balaban J connectivity index is 1.33. The van der Waals surface area contributed by atoms with Crippen LogP contribution in [0.5, 0.6) is 0 Å². The number of carbonyl (C=O) groups excluding carboxylic acids is 1. The maximum Gasteiger partial charge on any atom is 0.323 e. The minimum absolute atomic E-state index is 0.0713. The first-order valence-corrected chi connectivity index (χ1v) is 12.5. The van der Waals surface area contributed by atoms with Crippen LogP contribution in [0.4, 0.5) is 29.3 Å². The Hall–Kier alpha value is -4.77. The van der Waals surface area contributed by atoms with Crippen LogP contribution in [0, 0.1) is 17.5 Å². The number of benzene rings is 3. The lowest BCUT2D eigenvalue weighted by molar-refractivity contribution is -0.136. The first-order chi connectivity index (χ1) is 18.8. The van der Waals surface area contributed by atoms with E-state index < -0.39 is 35.1 Å². The Bertz CT molecular complexity index is 1690. The van der Waals surface area contributed by atoms with Crippen LogP contribution in [-0.4, -0.2) is 27.1 Å². The quantitative estimate of drug-likeness (QED) is 0.188. The minimum Gasteiger partial charge on any atom is -0.481 e. The van der Waals surface area contributed by atoms with Gasteiger partial charge in [0.1, 0.15) is 12.1 Å². The summed E-state index contributed by atoms with van der Waals surface area (Å²) in [6.07, 6.45) is 2.00. The molecular formula is C28H19F3N4O3S. The Kier molecular flexibility index (Phi) is 7.24. The smallest absolute Gasteiger partial charge is 0.323 e. The maximum absolute atomic E-state index is 13.8. The number of amides is 2. The van der Waals surface area contributed by atoms with Crippen molar-refractivity contribution >= 4 is 44.9 Å². The summed E-state index contributed by atoms with van der Waals surface area (Å²) in [5, 5.41) is 15.5. The second-order valence-electron chi connectivity index (χ2n) is 8.55. The molecule has 0 radical (unpaired) electrons. The van der Waals surface area contributed by atoms with E-state index in [1.54, 1.807) is 24.3 Å². The van der Waals surface area contributed by atoms with Crippen molar-refractivity contribution in [2.45, 2.75) is 12.8 Å². The number of aryl methyl sites for hydroxylation is 1. The first-order valence-electron chi connectivity index (χ1n) is 11.6. The zero-order chi connectivity index (χ0) is 27.5. The van der Waals surface area contributed by atoms with Crippen LogP contribution in [0.2, 0.25) is 0 Å². The van der Waals surface area contributed by atoms with Gasteiger partial charge in [-0.05, 0) is 29.7 Å². The van der Waals surface area contributed by atoms with Crippen molar-refractivity contribution in [2.75, 3.05) is 10.6 Å². The molecule has 0 spiro atoms. The zero-order valence-corrected chi connectivity index (χ0v) is 20.9. The highest BCUT2D eigenvalue weighted by Gasteiger charge is 2.16. The van der Waals surface area contributed by atoms with Gasteiger partial charge in [-0.25, -0.2) is 27.9 Å². The van der Waals surface area contributed by atoms with E-state index in [2.05, 4.69) is 20.6 Å². The fraction of sp³-hybridized carbons (Fsp3) is 0.0714. The van der Waals surface area contributed by atoms with Gasteiger partial charge < -0.3 is 15.7 Å². The molecule has 5 rings (SSSR count). The molecule has 0 aliphatic rings. The van der Waals surface area contributed by atoms with Crippen molar-refractivity contribution in [1.82, 2.24) is 9.97 Å². The number of aliphatic carboxylic acids is 1. The predicted molar refractivity (Wildman–Crippen MR) is 143 cm³/mol. The molecule has 0 bridgehead atoms. The third kappa shape index (κ3) is 5.73. The van der Waals surface area contributed by atoms with Crippen molar-refractivity contribution in [3.05, 3.63) is 95.4 Å². The lowest BCUT2D eigenvalue weighted by Crippen LogP contribution is -2.20. The SMILES string of the molecule is O=C(O)CCc1ccc(-c2csc3c(-c4ccc(NC(=O)Nc5cc(F)cc(F)c5F)cc4)ncnc23)cc1. The molecule has 3 aromatic carbocycles. The number of carboxylic acid groups (broad SMARTS) is 1. The number of fused-ring (bicyclic) bond motifs is 1. The molecule has 0 saturated carbocycles. The standard InChI is InChI=1S/C28H19F3N4O3S/c29-18-11-21(30)24(31)22(12-18)35-28(38)34-19-8-6-17(7-9-19)25-27-26(33-14-32-25)20(13-39-27)16-4-1-15(2-5-16)3-10-23(36)37/h1-2,4-9,11-14H,3,10H2,(H,36,37)(H2,34,35,38). The van der Waals surface area contributed by atoms with Gasteiger partial charge in [-0.3, -0.25) is 4.79 Å². The van der Waals surface area contributed by atoms with Crippen molar-refractivity contribution < 1.29 is 27.9 Å². The van der Waals surface area contributed by atoms with E-state index in [4.69, 9.17) is 5.11 Å². The number of anilines is 2. The highest BCUT2D eigenvalue weighted by Crippen LogP contribution is 2.37. The molecule has 0 fully saturated rings. The molecule has 0 unspecified atom stereocenters. The van der Waals surface area contributed by atoms with Gasteiger partial charge in [-0.1, -0.05) is 36.4 Å². The van der Waals surface area contributed by atoms with Crippen molar-refractivity contribution in [3.8, 4) is 22.4 Å². The molecule has 0 saturated heterocycles. The molecule has 3 N–H and O–H groups in total. The number of carbonyl (C=O) groups is 2. The summed E-state index contributed by atoms with van der Waals surface area (Å²) in [7, 11) is 0. The van der Waals surface area contributed by atoms with Crippen molar-refractivity contribution in [3.63, 3.8) is 0 Å². The van der Waals surface area contributed by atoms with E-state index in [-0.39, 0.29) is 6.42 Å². The van der Waals surface area contributed by atoms with Crippen LogP contribution in [-0.2, 0) is 11.2 Å². The van der Waals surface area contributed by atoms with Gasteiger partial charge in [0.25, 0.3) is 0 Å². The van der Waals surface area contributed by atoms with Gasteiger partial charge in [-0.2, -0.15) is 0 Å². The van der Waals surface area contributed by atoms with E-state index in [0.717, 1.165) is 32.5 Å². The number of carboxylic acids is 1. The summed E-state index contributed by atoms with van der Waals surface area (Å²) in [6, 6.07) is 14.6. The Morgan fingerprint density at radius 2 is 1.62 bits per heavy atom. The number of urea groups is 1. The molecule has 7 nitrogen and oxygen atoms in total. The van der Waals surface area contributed by atoms with Gasteiger partial charge in [0.15, 0.2) is 11.6 Å². The van der Waals surface area contributed by atoms with E-state index in [1.807, 2.05) is 29.6 Å². The molecule has 11 heteroatoms. The fourth-order valence-corrected chi connectivity index (χ4v) is 5.05. The van der Waals surface area contributed by atoms with Crippen LogP contribution < -0.4 is 10.6 Å². The molecular weight excluding hydrogens is 529 g/mol. The predicted octanol–water partition coefficient (Wildman–Crippen LogP) is 7.10.